The maximum Gasteiger partial charge on any atom is 0.320 e. The molecule has 4 nitrogen and oxygen atoms in total. The summed E-state index contributed by atoms with van der Waals surface area (Å²) in [5.41, 5.74) is 0. The van der Waals surface area contributed by atoms with Gasteiger partial charge in [-0.25, -0.2) is 0 Å². The summed E-state index contributed by atoms with van der Waals surface area (Å²) < 4.78 is 5.13. The van der Waals surface area contributed by atoms with Crippen LogP contribution in [0.15, 0.2) is 0 Å². The number of carboxylic acid groups (broad SMARTS) is 1. The number of likely N-dealkylation sites (N-methyl/N-ethyl adjacent to an activating group) is 1. The summed E-state index contributed by atoms with van der Waals surface area (Å²) in [6, 6.07) is -0.385. The van der Waals surface area contributed by atoms with Crippen LogP contribution in [-0.2, 0) is 9.53 Å². The molecule has 0 saturated heterocycles. The molecule has 0 bridgehead atoms. The molecule has 0 aliphatic rings. The number of rotatable bonds is 5. The van der Waals surface area contributed by atoms with Gasteiger partial charge in [-0.2, -0.15) is 0 Å². The number of hydrogen-bond acceptors (Lipinski definition) is 3. The third kappa shape index (κ3) is 3.32. The van der Waals surface area contributed by atoms with Gasteiger partial charge < -0.3 is 9.84 Å². The van der Waals surface area contributed by atoms with E-state index >= 15 is 0 Å². The molecular weight excluding hydrogens is 170 g/mol. The molecule has 0 aliphatic carbocycles. The SMILES string of the molecule is COC(C)C(C)N(C)C(C)C(=O)O. The van der Waals surface area contributed by atoms with E-state index in [2.05, 4.69) is 0 Å². The van der Waals surface area contributed by atoms with Crippen LogP contribution in [0.25, 0.3) is 0 Å². The van der Waals surface area contributed by atoms with E-state index in [1.54, 1.807) is 26.0 Å². The van der Waals surface area contributed by atoms with Gasteiger partial charge >= 0.3 is 5.97 Å². The molecule has 0 aliphatic heterocycles. The lowest BCUT2D eigenvalue weighted by molar-refractivity contribution is -0.143. The van der Waals surface area contributed by atoms with Crippen LogP contribution in [0.3, 0.4) is 0 Å². The Morgan fingerprint density at radius 1 is 1.38 bits per heavy atom. The van der Waals surface area contributed by atoms with Crippen LogP contribution >= 0.6 is 0 Å². The Labute approximate surface area is 79.5 Å². The van der Waals surface area contributed by atoms with Crippen LogP contribution < -0.4 is 0 Å². The molecule has 0 saturated carbocycles. The molecule has 0 aromatic carbocycles. The van der Waals surface area contributed by atoms with E-state index in [4.69, 9.17) is 9.84 Å². The molecule has 0 aromatic rings. The quantitative estimate of drug-likeness (QED) is 0.695. The molecule has 3 unspecified atom stereocenters. The number of nitrogens with zero attached hydrogens (tertiary/aromatic N) is 1. The van der Waals surface area contributed by atoms with Crippen LogP contribution in [0, 0.1) is 0 Å². The molecule has 78 valence electrons. The van der Waals surface area contributed by atoms with E-state index in [0.717, 1.165) is 0 Å². The van der Waals surface area contributed by atoms with Gasteiger partial charge in [0, 0.05) is 13.2 Å². The van der Waals surface area contributed by atoms with Gasteiger partial charge in [-0.3, -0.25) is 9.69 Å². The van der Waals surface area contributed by atoms with Crippen molar-refractivity contribution in [2.75, 3.05) is 14.2 Å². The minimum Gasteiger partial charge on any atom is -0.480 e. The molecule has 13 heavy (non-hydrogen) atoms. The molecule has 0 amide bonds. The van der Waals surface area contributed by atoms with Gasteiger partial charge in [0.1, 0.15) is 6.04 Å². The monoisotopic (exact) mass is 189 g/mol. The number of aliphatic carboxylic acids is 1. The normalized spacial score (nSPS) is 18.3. The molecule has 3 atom stereocenters. The fourth-order valence-corrected chi connectivity index (χ4v) is 1.05. The average Bonchev–Trinajstić information content (AvgIpc) is 2.12. The van der Waals surface area contributed by atoms with E-state index < -0.39 is 12.0 Å². The highest BCUT2D eigenvalue weighted by Crippen LogP contribution is 2.08. The summed E-state index contributed by atoms with van der Waals surface area (Å²) in [6.45, 7) is 5.55. The van der Waals surface area contributed by atoms with Crippen LogP contribution in [0.5, 0.6) is 0 Å². The van der Waals surface area contributed by atoms with Crippen molar-refractivity contribution in [2.45, 2.75) is 39.0 Å². The van der Waals surface area contributed by atoms with Gasteiger partial charge in [0.2, 0.25) is 0 Å². The zero-order valence-electron chi connectivity index (χ0n) is 8.94. The lowest BCUT2D eigenvalue weighted by Crippen LogP contribution is -2.46. The van der Waals surface area contributed by atoms with Crippen LogP contribution in [0.2, 0.25) is 0 Å². The highest BCUT2D eigenvalue weighted by molar-refractivity contribution is 5.72. The maximum absolute atomic E-state index is 10.7. The third-order valence-electron chi connectivity index (χ3n) is 2.66. The first kappa shape index (κ1) is 12.4. The summed E-state index contributed by atoms with van der Waals surface area (Å²) in [5.74, 6) is -0.808. The molecular formula is C9H19NO3. The minimum absolute atomic E-state index is 0.0341. The number of methoxy groups -OCH3 is 1. The summed E-state index contributed by atoms with van der Waals surface area (Å²) in [5, 5.41) is 8.77. The van der Waals surface area contributed by atoms with Gasteiger partial charge in [-0.15, -0.1) is 0 Å². The fourth-order valence-electron chi connectivity index (χ4n) is 1.05. The van der Waals surface area contributed by atoms with Crippen molar-refractivity contribution < 1.29 is 14.6 Å². The predicted octanol–water partition coefficient (Wildman–Crippen LogP) is 0.815. The summed E-state index contributed by atoms with van der Waals surface area (Å²) in [4.78, 5) is 12.5. The fraction of sp³-hybridized carbons (Fsp3) is 0.889. The van der Waals surface area contributed by atoms with Gasteiger partial charge in [-0.05, 0) is 27.8 Å². The second kappa shape index (κ2) is 5.19. The van der Waals surface area contributed by atoms with Gasteiger partial charge in [-0.1, -0.05) is 0 Å². The van der Waals surface area contributed by atoms with Crippen molar-refractivity contribution in [1.29, 1.82) is 0 Å². The van der Waals surface area contributed by atoms with E-state index in [1.807, 2.05) is 13.8 Å². The average molecular weight is 189 g/mol. The smallest absolute Gasteiger partial charge is 0.320 e. The summed E-state index contributed by atoms with van der Waals surface area (Å²) in [6.07, 6.45) is 0.0341. The van der Waals surface area contributed by atoms with Crippen molar-refractivity contribution >= 4 is 5.97 Å². The number of ether oxygens (including phenoxy) is 1. The summed E-state index contributed by atoms with van der Waals surface area (Å²) in [7, 11) is 3.42. The molecule has 0 aromatic heterocycles. The molecule has 0 spiro atoms. The second-order valence-electron chi connectivity index (χ2n) is 3.36. The number of hydrogen-bond donors (Lipinski definition) is 1. The molecule has 0 radical (unpaired) electrons. The van der Waals surface area contributed by atoms with Gasteiger partial charge in [0.15, 0.2) is 0 Å². The second-order valence-corrected chi connectivity index (χ2v) is 3.36. The Bertz CT molecular complexity index is 172. The Balaban J connectivity index is 4.24. The first-order valence-corrected chi connectivity index (χ1v) is 4.39. The van der Waals surface area contributed by atoms with Crippen molar-refractivity contribution in [2.24, 2.45) is 0 Å². The lowest BCUT2D eigenvalue weighted by atomic mass is 10.1. The summed E-state index contributed by atoms with van der Waals surface area (Å²) >= 11 is 0. The molecule has 1 N–H and O–H groups in total. The largest absolute Gasteiger partial charge is 0.480 e. The highest BCUT2D eigenvalue weighted by atomic mass is 16.5. The van der Waals surface area contributed by atoms with E-state index in [9.17, 15) is 4.79 Å². The topological polar surface area (TPSA) is 49.8 Å². The standard InChI is InChI=1S/C9H19NO3/c1-6(8(3)13-5)10(4)7(2)9(11)12/h6-8H,1-5H3,(H,11,12). The van der Waals surface area contributed by atoms with E-state index in [1.165, 1.54) is 0 Å². The van der Waals surface area contributed by atoms with Crippen LogP contribution in [0.4, 0.5) is 0 Å². The van der Waals surface area contributed by atoms with E-state index in [0.29, 0.717) is 0 Å². The molecule has 0 fully saturated rings. The van der Waals surface area contributed by atoms with Gasteiger partial charge in [0.25, 0.3) is 0 Å². The van der Waals surface area contributed by atoms with Crippen LogP contribution in [0.1, 0.15) is 20.8 Å². The van der Waals surface area contributed by atoms with Crippen molar-refractivity contribution in [1.82, 2.24) is 4.90 Å². The zero-order valence-corrected chi connectivity index (χ0v) is 8.94. The Morgan fingerprint density at radius 3 is 2.15 bits per heavy atom. The number of carbonyl (C=O) groups is 1. The lowest BCUT2D eigenvalue weighted by Gasteiger charge is -2.31. The van der Waals surface area contributed by atoms with Crippen LogP contribution in [-0.4, -0.2) is 48.3 Å². The Hall–Kier alpha value is -0.610. The molecule has 0 rings (SSSR count). The van der Waals surface area contributed by atoms with E-state index in [-0.39, 0.29) is 12.1 Å². The first-order valence-electron chi connectivity index (χ1n) is 4.39. The van der Waals surface area contributed by atoms with Gasteiger partial charge in [0.05, 0.1) is 6.10 Å². The predicted molar refractivity (Wildman–Crippen MR) is 50.8 cm³/mol. The third-order valence-corrected chi connectivity index (χ3v) is 2.66. The maximum atomic E-state index is 10.7. The van der Waals surface area contributed by atoms with Crippen molar-refractivity contribution in [3.8, 4) is 0 Å². The Morgan fingerprint density at radius 2 is 1.85 bits per heavy atom. The Kier molecular flexibility index (Phi) is 4.95. The highest BCUT2D eigenvalue weighted by Gasteiger charge is 2.24. The van der Waals surface area contributed by atoms with Crippen molar-refractivity contribution in [3.63, 3.8) is 0 Å². The zero-order chi connectivity index (χ0) is 10.6. The number of carboxylic acids is 1. The first-order chi connectivity index (χ1) is 5.91. The molecule has 0 heterocycles. The van der Waals surface area contributed by atoms with Crippen molar-refractivity contribution in [3.05, 3.63) is 0 Å². The molecule has 4 heteroatoms. The minimum atomic E-state index is -0.808.